The number of rotatable bonds is 4. The Bertz CT molecular complexity index is 89.0. The van der Waals surface area contributed by atoms with Crippen LogP contribution in [0.1, 0.15) is 41.0 Å². The van der Waals surface area contributed by atoms with Gasteiger partial charge in [0.05, 0.1) is 0 Å². The van der Waals surface area contributed by atoms with E-state index >= 15 is 0 Å². The van der Waals surface area contributed by atoms with Crippen molar-refractivity contribution >= 4 is 0 Å². The highest BCUT2D eigenvalue weighted by Crippen LogP contribution is 2.11. The maximum atomic E-state index is 4.13. The highest BCUT2D eigenvalue weighted by Gasteiger charge is 2.17. The van der Waals surface area contributed by atoms with E-state index in [1.165, 1.54) is 0 Å². The molecule has 0 bridgehead atoms. The molecule has 0 rings (SSSR count). The van der Waals surface area contributed by atoms with E-state index in [0.717, 1.165) is 6.42 Å². The third-order valence-electron chi connectivity index (χ3n) is 2.09. The Morgan fingerprint density at radius 3 is 1.55 bits per heavy atom. The van der Waals surface area contributed by atoms with Crippen molar-refractivity contribution < 1.29 is 0 Å². The van der Waals surface area contributed by atoms with E-state index in [-0.39, 0.29) is 0 Å². The van der Waals surface area contributed by atoms with E-state index in [9.17, 15) is 0 Å². The van der Waals surface area contributed by atoms with Crippen molar-refractivity contribution in [3.8, 4) is 0 Å². The zero-order valence-electron chi connectivity index (χ0n) is 8.59. The predicted molar refractivity (Wildman–Crippen MR) is 51.5 cm³/mol. The van der Waals surface area contributed by atoms with Gasteiger partial charge < -0.3 is 0 Å². The van der Waals surface area contributed by atoms with Crippen LogP contribution in [0.4, 0.5) is 0 Å². The minimum Gasteiger partial charge on any atom is -0.296 e. The molecule has 0 spiro atoms. The molecule has 1 atom stereocenters. The van der Waals surface area contributed by atoms with E-state index in [4.69, 9.17) is 0 Å². The normalized spacial score (nSPS) is 15.0. The fourth-order valence-corrected chi connectivity index (χ4v) is 1.65. The Morgan fingerprint density at radius 2 is 1.45 bits per heavy atom. The number of hydrogen-bond acceptors (Lipinski definition) is 1. The van der Waals surface area contributed by atoms with E-state index < -0.39 is 0 Å². The summed E-state index contributed by atoms with van der Waals surface area (Å²) >= 11 is 0. The fourth-order valence-electron chi connectivity index (χ4n) is 1.65. The molecule has 1 nitrogen and oxygen atoms in total. The lowest BCUT2D eigenvalue weighted by molar-refractivity contribution is 0.134. The summed E-state index contributed by atoms with van der Waals surface area (Å²) in [6.45, 7) is 15.2. The van der Waals surface area contributed by atoms with Gasteiger partial charge in [0.2, 0.25) is 0 Å². The van der Waals surface area contributed by atoms with Crippen molar-refractivity contribution in [3.05, 3.63) is 6.92 Å². The summed E-state index contributed by atoms with van der Waals surface area (Å²) in [5.41, 5.74) is 0. The zero-order chi connectivity index (χ0) is 9.02. The largest absolute Gasteiger partial charge is 0.296 e. The molecule has 1 unspecified atom stereocenters. The van der Waals surface area contributed by atoms with Gasteiger partial charge in [0.25, 0.3) is 0 Å². The van der Waals surface area contributed by atoms with Crippen LogP contribution in [0.15, 0.2) is 0 Å². The molecular weight excluding hydrogens is 134 g/mol. The van der Waals surface area contributed by atoms with Gasteiger partial charge in [0.1, 0.15) is 0 Å². The minimum atomic E-state index is 0.468. The summed E-state index contributed by atoms with van der Waals surface area (Å²) in [5, 5.41) is 0. The van der Waals surface area contributed by atoms with Crippen LogP contribution in [0.5, 0.6) is 0 Å². The van der Waals surface area contributed by atoms with Gasteiger partial charge in [-0.25, -0.2) is 0 Å². The Labute approximate surface area is 71.8 Å². The zero-order valence-corrected chi connectivity index (χ0v) is 8.59. The van der Waals surface area contributed by atoms with Crippen LogP contribution >= 0.6 is 0 Å². The summed E-state index contributed by atoms with van der Waals surface area (Å²) in [6, 6.07) is 1.69. The summed E-state index contributed by atoms with van der Waals surface area (Å²) < 4.78 is 0. The van der Waals surface area contributed by atoms with Gasteiger partial charge in [0.15, 0.2) is 0 Å². The lowest BCUT2D eigenvalue weighted by atomic mass is 10.1. The molecule has 11 heavy (non-hydrogen) atoms. The molecule has 0 saturated carbocycles. The Morgan fingerprint density at radius 1 is 1.09 bits per heavy atom. The maximum absolute atomic E-state index is 4.13. The molecule has 0 N–H and O–H groups in total. The van der Waals surface area contributed by atoms with E-state index in [0.29, 0.717) is 18.1 Å². The molecule has 0 fully saturated rings. The summed E-state index contributed by atoms with van der Waals surface area (Å²) in [4.78, 5) is 2.44. The maximum Gasteiger partial charge on any atom is 0.00986 e. The quantitative estimate of drug-likeness (QED) is 0.605. The first-order chi connectivity index (χ1) is 5.00. The molecule has 1 radical (unpaired) electrons. The van der Waals surface area contributed by atoms with Crippen molar-refractivity contribution in [1.29, 1.82) is 0 Å². The van der Waals surface area contributed by atoms with E-state index in [1.807, 2.05) is 0 Å². The van der Waals surface area contributed by atoms with Crippen molar-refractivity contribution in [2.24, 2.45) is 0 Å². The first-order valence-electron chi connectivity index (χ1n) is 4.61. The van der Waals surface area contributed by atoms with Crippen molar-refractivity contribution in [2.45, 2.75) is 59.2 Å². The van der Waals surface area contributed by atoms with Crippen LogP contribution < -0.4 is 0 Å². The van der Waals surface area contributed by atoms with Crippen LogP contribution in [0.3, 0.4) is 0 Å². The standard InChI is InChI=1S/C10H22N/c1-7-10(6)11(8(2)3)9(4)5/h8-10H,6-7H2,1-5H3. The van der Waals surface area contributed by atoms with Crippen LogP contribution in [0, 0.1) is 6.92 Å². The number of nitrogens with zero attached hydrogens (tertiary/aromatic N) is 1. The van der Waals surface area contributed by atoms with Crippen LogP contribution in [0.2, 0.25) is 0 Å². The molecule has 0 aromatic heterocycles. The minimum absolute atomic E-state index is 0.468. The molecule has 67 valence electrons. The number of hydrogen-bond donors (Lipinski definition) is 0. The van der Waals surface area contributed by atoms with Gasteiger partial charge in [-0.1, -0.05) is 6.92 Å². The smallest absolute Gasteiger partial charge is 0.00986 e. The van der Waals surface area contributed by atoms with Gasteiger partial charge in [-0.15, -0.1) is 0 Å². The molecule has 1 heteroatoms. The Kier molecular flexibility index (Phi) is 4.74. The average molecular weight is 156 g/mol. The third-order valence-corrected chi connectivity index (χ3v) is 2.09. The van der Waals surface area contributed by atoms with Gasteiger partial charge in [-0.3, -0.25) is 4.90 Å². The van der Waals surface area contributed by atoms with Gasteiger partial charge >= 0.3 is 0 Å². The topological polar surface area (TPSA) is 3.24 Å². The van der Waals surface area contributed by atoms with Gasteiger partial charge in [-0.05, 0) is 41.0 Å². The SMILES string of the molecule is [CH2]C(CC)N(C(C)C)C(C)C. The molecular formula is C10H22N. The first-order valence-corrected chi connectivity index (χ1v) is 4.61. The summed E-state index contributed by atoms with van der Waals surface area (Å²) in [7, 11) is 0. The average Bonchev–Trinajstić information content (AvgIpc) is 1.85. The predicted octanol–water partition coefficient (Wildman–Crippen LogP) is 2.72. The lowest BCUT2D eigenvalue weighted by Crippen LogP contribution is -2.43. The highest BCUT2D eigenvalue weighted by molar-refractivity contribution is 4.77. The molecule has 0 aliphatic rings. The second kappa shape index (κ2) is 4.76. The van der Waals surface area contributed by atoms with E-state index in [2.05, 4.69) is 46.4 Å². The second-order valence-electron chi connectivity index (χ2n) is 3.70. The van der Waals surface area contributed by atoms with Crippen molar-refractivity contribution in [2.75, 3.05) is 0 Å². The van der Waals surface area contributed by atoms with Crippen LogP contribution in [0.25, 0.3) is 0 Å². The van der Waals surface area contributed by atoms with Crippen molar-refractivity contribution in [1.82, 2.24) is 4.90 Å². The lowest BCUT2D eigenvalue weighted by Gasteiger charge is -2.35. The molecule has 0 heterocycles. The molecule has 0 aliphatic carbocycles. The van der Waals surface area contributed by atoms with Crippen molar-refractivity contribution in [3.63, 3.8) is 0 Å². The Hall–Kier alpha value is -0.0400. The van der Waals surface area contributed by atoms with Gasteiger partial charge in [0, 0.05) is 18.1 Å². The molecule has 0 saturated heterocycles. The summed E-state index contributed by atoms with van der Waals surface area (Å²) in [6.07, 6.45) is 1.14. The Balaban J connectivity index is 4.09. The molecule has 0 amide bonds. The fraction of sp³-hybridized carbons (Fsp3) is 0.900. The van der Waals surface area contributed by atoms with E-state index in [1.54, 1.807) is 0 Å². The molecule has 0 aliphatic heterocycles. The highest BCUT2D eigenvalue weighted by atomic mass is 15.2. The van der Waals surface area contributed by atoms with Gasteiger partial charge in [-0.2, -0.15) is 0 Å². The van der Waals surface area contributed by atoms with Crippen LogP contribution in [-0.2, 0) is 0 Å². The monoisotopic (exact) mass is 156 g/mol. The first kappa shape index (κ1) is 11.0. The summed E-state index contributed by atoms with van der Waals surface area (Å²) in [5.74, 6) is 0. The third kappa shape index (κ3) is 3.24. The molecule has 0 aromatic carbocycles. The van der Waals surface area contributed by atoms with Crippen LogP contribution in [-0.4, -0.2) is 23.0 Å². The molecule has 0 aromatic rings. The second-order valence-corrected chi connectivity index (χ2v) is 3.70.